The predicted octanol–water partition coefficient (Wildman–Crippen LogP) is 7.62. The van der Waals surface area contributed by atoms with Crippen molar-refractivity contribution in [3.8, 4) is 0 Å². The van der Waals surface area contributed by atoms with Gasteiger partial charge < -0.3 is 0 Å². The predicted molar refractivity (Wildman–Crippen MR) is 182 cm³/mol. The van der Waals surface area contributed by atoms with Crippen molar-refractivity contribution < 1.29 is 0 Å². The standard InChI is InChI=1S/C33H52Si4/c1-34(2,3)30-16-17-31(35(4,5)6)27-21-24(20-26(27)30)14-13-15-25-22-28-29(23-25)33(37(10,11)12)19-18-32(28)36(7,8)9/h16-20,22H,13-15,21,23H2,1-12H3. The van der Waals surface area contributed by atoms with Gasteiger partial charge in [-0.1, -0.05) is 147 Å². The van der Waals surface area contributed by atoms with Crippen molar-refractivity contribution in [1.82, 2.24) is 0 Å². The summed E-state index contributed by atoms with van der Waals surface area (Å²) < 4.78 is 0. The molecule has 0 heterocycles. The molecule has 0 saturated heterocycles. The lowest BCUT2D eigenvalue weighted by molar-refractivity contribution is 0.787. The largest absolute Gasteiger partial charge is 0.0783 e. The first-order valence-corrected chi connectivity index (χ1v) is 28.6. The van der Waals surface area contributed by atoms with Crippen LogP contribution in [0.1, 0.15) is 41.5 Å². The number of hydrogen-bond donors (Lipinski definition) is 0. The zero-order valence-electron chi connectivity index (χ0n) is 26.0. The molecule has 0 radical (unpaired) electrons. The van der Waals surface area contributed by atoms with Crippen LogP contribution in [0.15, 0.2) is 35.4 Å². The minimum atomic E-state index is -1.36. The molecule has 0 atom stereocenters. The van der Waals surface area contributed by atoms with Gasteiger partial charge in [-0.3, -0.25) is 0 Å². The Balaban J connectivity index is 1.53. The van der Waals surface area contributed by atoms with Gasteiger partial charge >= 0.3 is 0 Å². The molecule has 2 aliphatic carbocycles. The smallest absolute Gasteiger partial charge is 0.0656 e. The van der Waals surface area contributed by atoms with Crippen LogP contribution in [0.5, 0.6) is 0 Å². The summed E-state index contributed by atoms with van der Waals surface area (Å²) in [7, 11) is -5.43. The van der Waals surface area contributed by atoms with Gasteiger partial charge in [0.15, 0.2) is 0 Å². The Hall–Kier alpha value is -1.21. The molecular formula is C33H52Si4. The monoisotopic (exact) mass is 560 g/mol. The van der Waals surface area contributed by atoms with Crippen LogP contribution in [0.4, 0.5) is 0 Å². The zero-order valence-corrected chi connectivity index (χ0v) is 30.0. The van der Waals surface area contributed by atoms with Crippen LogP contribution in [0.3, 0.4) is 0 Å². The molecule has 0 N–H and O–H groups in total. The summed E-state index contributed by atoms with van der Waals surface area (Å²) in [4.78, 5) is 0. The number of allylic oxidation sites excluding steroid dienone is 2. The number of hydrogen-bond acceptors (Lipinski definition) is 0. The minimum Gasteiger partial charge on any atom is -0.0656 e. The molecular weight excluding hydrogens is 509 g/mol. The van der Waals surface area contributed by atoms with Crippen molar-refractivity contribution in [3.63, 3.8) is 0 Å². The number of benzene rings is 2. The highest BCUT2D eigenvalue weighted by Gasteiger charge is 2.32. The van der Waals surface area contributed by atoms with E-state index in [9.17, 15) is 0 Å². The average molecular weight is 561 g/mol. The topological polar surface area (TPSA) is 0 Å². The fourth-order valence-corrected chi connectivity index (χ4v) is 13.2. The first-order valence-electron chi connectivity index (χ1n) is 14.6. The molecule has 0 amide bonds. The first kappa shape index (κ1) is 28.8. The first-order chi connectivity index (χ1) is 16.9. The lowest BCUT2D eigenvalue weighted by Gasteiger charge is -2.26. The Morgan fingerprint density at radius 3 is 1.05 bits per heavy atom. The average Bonchev–Trinajstić information content (AvgIpc) is 3.32. The third kappa shape index (κ3) is 6.02. The molecule has 0 nitrogen and oxygen atoms in total. The molecule has 0 bridgehead atoms. The van der Waals surface area contributed by atoms with E-state index in [1.54, 1.807) is 54.1 Å². The van der Waals surface area contributed by atoms with E-state index in [2.05, 4.69) is 115 Å². The highest BCUT2D eigenvalue weighted by molar-refractivity contribution is 6.91. The van der Waals surface area contributed by atoms with Crippen LogP contribution >= 0.6 is 0 Å². The van der Waals surface area contributed by atoms with Crippen LogP contribution in [0, 0.1) is 0 Å². The molecule has 0 saturated carbocycles. The van der Waals surface area contributed by atoms with Gasteiger partial charge in [-0.2, -0.15) is 0 Å². The summed E-state index contributed by atoms with van der Waals surface area (Å²) in [6.45, 7) is 30.2. The molecule has 0 spiro atoms. The van der Waals surface area contributed by atoms with Gasteiger partial charge in [0.05, 0.1) is 32.3 Å². The van der Waals surface area contributed by atoms with Gasteiger partial charge in [-0.25, -0.2) is 0 Å². The third-order valence-electron chi connectivity index (χ3n) is 8.45. The van der Waals surface area contributed by atoms with Crippen LogP contribution in [-0.2, 0) is 12.8 Å². The van der Waals surface area contributed by atoms with E-state index in [4.69, 9.17) is 0 Å². The van der Waals surface area contributed by atoms with Gasteiger partial charge in [0.2, 0.25) is 0 Å². The number of fused-ring (bicyclic) bond motifs is 2. The van der Waals surface area contributed by atoms with Crippen LogP contribution in [-0.4, -0.2) is 32.3 Å². The third-order valence-corrected chi connectivity index (χ3v) is 16.7. The van der Waals surface area contributed by atoms with E-state index in [0.717, 1.165) is 0 Å². The second kappa shape index (κ2) is 9.76. The van der Waals surface area contributed by atoms with E-state index in [1.165, 1.54) is 32.1 Å². The van der Waals surface area contributed by atoms with E-state index in [-0.39, 0.29) is 0 Å². The minimum absolute atomic E-state index is 1.20. The highest BCUT2D eigenvalue weighted by Crippen LogP contribution is 2.32. The summed E-state index contributed by atoms with van der Waals surface area (Å²) >= 11 is 0. The maximum atomic E-state index is 2.62. The van der Waals surface area contributed by atoms with Crippen molar-refractivity contribution in [2.24, 2.45) is 0 Å². The van der Waals surface area contributed by atoms with E-state index < -0.39 is 32.3 Å². The molecule has 2 aromatic rings. The molecule has 0 unspecified atom stereocenters. The van der Waals surface area contributed by atoms with Crippen molar-refractivity contribution in [2.75, 3.05) is 0 Å². The molecule has 0 aromatic heterocycles. The Kier molecular flexibility index (Phi) is 7.59. The van der Waals surface area contributed by atoms with Crippen molar-refractivity contribution >= 4 is 65.2 Å². The molecule has 0 fully saturated rings. The Morgan fingerprint density at radius 2 is 0.757 bits per heavy atom. The van der Waals surface area contributed by atoms with Crippen LogP contribution in [0.25, 0.3) is 12.2 Å². The number of rotatable bonds is 8. The Bertz CT molecular complexity index is 1170. The van der Waals surface area contributed by atoms with E-state index in [0.29, 0.717) is 0 Å². The lowest BCUT2D eigenvalue weighted by atomic mass is 10.0. The summed E-state index contributed by atoms with van der Waals surface area (Å²) in [5, 5.41) is 6.74. The highest BCUT2D eigenvalue weighted by atomic mass is 28.3. The van der Waals surface area contributed by atoms with Gasteiger partial charge in [0, 0.05) is 0 Å². The van der Waals surface area contributed by atoms with Crippen LogP contribution in [0.2, 0.25) is 78.6 Å². The maximum absolute atomic E-state index is 2.62. The molecule has 4 heteroatoms. The van der Waals surface area contributed by atoms with Gasteiger partial charge in [-0.05, 0) is 54.4 Å². The molecule has 37 heavy (non-hydrogen) atoms. The summed E-state index contributed by atoms with van der Waals surface area (Å²) in [6, 6.07) is 10.0. The Morgan fingerprint density at radius 1 is 0.459 bits per heavy atom. The molecule has 0 aliphatic heterocycles. The second-order valence-electron chi connectivity index (χ2n) is 15.9. The fourth-order valence-electron chi connectivity index (χ4n) is 6.58. The summed E-state index contributed by atoms with van der Waals surface area (Å²) in [5.74, 6) is 0. The maximum Gasteiger partial charge on any atom is 0.0783 e. The fraction of sp³-hybridized carbons (Fsp3) is 0.515. The molecule has 2 aliphatic rings. The normalized spacial score (nSPS) is 16.0. The van der Waals surface area contributed by atoms with Gasteiger partial charge in [0.1, 0.15) is 0 Å². The van der Waals surface area contributed by atoms with Crippen molar-refractivity contribution in [2.45, 2.75) is 111 Å². The molecule has 200 valence electrons. The summed E-state index contributed by atoms with van der Waals surface area (Å²) in [6.07, 6.45) is 11.4. The molecule has 4 rings (SSSR count). The quantitative estimate of drug-likeness (QED) is 0.291. The zero-order chi connectivity index (χ0) is 27.6. The second-order valence-corrected chi connectivity index (χ2v) is 36.1. The Labute approximate surface area is 232 Å². The van der Waals surface area contributed by atoms with Gasteiger partial charge in [0.25, 0.3) is 0 Å². The van der Waals surface area contributed by atoms with Crippen molar-refractivity contribution in [3.05, 3.63) is 57.7 Å². The summed E-state index contributed by atoms with van der Waals surface area (Å²) in [5.41, 5.74) is 10.0. The SMILES string of the molecule is C[Si](C)(C)c1ccc([Si](C)(C)C)c2c1C=C(CCCC1=Cc3c([Si](C)(C)C)ccc([Si](C)(C)C)c3C1)C2. The lowest BCUT2D eigenvalue weighted by Crippen LogP contribution is -2.45. The van der Waals surface area contributed by atoms with Crippen LogP contribution < -0.4 is 20.7 Å². The van der Waals surface area contributed by atoms with Crippen molar-refractivity contribution in [1.29, 1.82) is 0 Å². The van der Waals surface area contributed by atoms with E-state index >= 15 is 0 Å². The van der Waals surface area contributed by atoms with E-state index in [1.807, 2.05) is 0 Å². The molecule has 2 aromatic carbocycles. The van der Waals surface area contributed by atoms with Gasteiger partial charge in [-0.15, -0.1) is 0 Å².